The van der Waals surface area contributed by atoms with Crippen LogP contribution in [0.25, 0.3) is 0 Å². The Kier molecular flexibility index (Phi) is 13.7. The Morgan fingerprint density at radius 2 is 1.41 bits per heavy atom. The molecule has 0 aliphatic carbocycles. The predicted octanol–water partition coefficient (Wildman–Crippen LogP) is 4.39. The van der Waals surface area contributed by atoms with Gasteiger partial charge in [-0.25, -0.2) is 4.79 Å². The molecule has 1 fully saturated rings. The molecule has 4 N–H and O–H groups in total. The average Bonchev–Trinajstić information content (AvgIpc) is 2.89. The number of likely N-dealkylation sites (tertiary alicyclic amines) is 1. The topological polar surface area (TPSA) is 165 Å². The second-order valence-corrected chi connectivity index (χ2v) is 9.36. The number of piperidine rings is 1. The van der Waals surface area contributed by atoms with E-state index >= 15 is 0 Å². The molecule has 0 bridgehead atoms. The molecule has 2 aromatic carbocycles. The molecule has 10 heteroatoms. The molecule has 0 aromatic heterocycles. The van der Waals surface area contributed by atoms with Crippen LogP contribution in [0.3, 0.4) is 0 Å². The van der Waals surface area contributed by atoms with Gasteiger partial charge in [0.15, 0.2) is 5.60 Å². The van der Waals surface area contributed by atoms with Gasteiger partial charge in [-0.1, -0.05) is 74.7 Å². The van der Waals surface area contributed by atoms with Crippen molar-refractivity contribution in [2.45, 2.75) is 51.0 Å². The van der Waals surface area contributed by atoms with Crippen molar-refractivity contribution >= 4 is 17.9 Å². The lowest BCUT2D eigenvalue weighted by Crippen LogP contribution is -2.42. The number of rotatable bonds is 12. The zero-order chi connectivity index (χ0) is 28.1. The van der Waals surface area contributed by atoms with E-state index in [0.29, 0.717) is 11.6 Å². The van der Waals surface area contributed by atoms with Crippen molar-refractivity contribution in [3.8, 4) is 0 Å². The van der Waals surface area contributed by atoms with Crippen LogP contribution in [0.2, 0.25) is 0 Å². The monoisotopic (exact) mass is 542 g/mol. The summed E-state index contributed by atoms with van der Waals surface area (Å²) in [5.41, 5.74) is 0.284. The van der Waals surface area contributed by atoms with Crippen LogP contribution in [-0.2, 0) is 20.8 Å². The van der Waals surface area contributed by atoms with E-state index in [1.807, 2.05) is 18.2 Å². The predicted molar refractivity (Wildman–Crippen MR) is 147 cm³/mol. The number of benzene rings is 2. The number of carboxylic acids is 3. The molecule has 212 valence electrons. The highest BCUT2D eigenvalue weighted by molar-refractivity contribution is 5.88. The number of nitroso groups, excluding NO2 is 1. The number of aliphatic hydroxyl groups is 1. The van der Waals surface area contributed by atoms with Crippen molar-refractivity contribution in [3.63, 3.8) is 0 Å². The summed E-state index contributed by atoms with van der Waals surface area (Å²) in [5.74, 6) is -4.52. The summed E-state index contributed by atoms with van der Waals surface area (Å²) in [5, 5.41) is 37.0. The summed E-state index contributed by atoms with van der Waals surface area (Å²) < 4.78 is 0. The van der Waals surface area contributed by atoms with Crippen LogP contribution in [0.15, 0.2) is 78.1 Å². The summed E-state index contributed by atoms with van der Waals surface area (Å²) in [7, 11) is 0. The van der Waals surface area contributed by atoms with Gasteiger partial charge in [0.25, 0.3) is 0 Å². The fourth-order valence-corrected chi connectivity index (χ4v) is 4.61. The number of carbonyl (C=O) groups is 3. The number of hydrogen-bond acceptors (Lipinski definition) is 7. The highest BCUT2D eigenvalue weighted by Gasteiger charge is 2.40. The molecule has 0 radical (unpaired) electrons. The van der Waals surface area contributed by atoms with Crippen molar-refractivity contribution in [1.82, 2.24) is 4.90 Å². The molecule has 1 heterocycles. The lowest BCUT2D eigenvalue weighted by Gasteiger charge is -2.36. The summed E-state index contributed by atoms with van der Waals surface area (Å²) >= 11 is 0. The first-order valence-corrected chi connectivity index (χ1v) is 12.3. The molecular formula is C29H38N2O8. The third-order valence-electron chi connectivity index (χ3n) is 6.58. The summed E-state index contributed by atoms with van der Waals surface area (Å²) in [4.78, 5) is 44.1. The van der Waals surface area contributed by atoms with Crippen LogP contribution in [-0.4, -0.2) is 68.5 Å². The van der Waals surface area contributed by atoms with Gasteiger partial charge >= 0.3 is 17.9 Å². The maximum atomic E-state index is 11.1. The molecule has 1 unspecified atom stereocenters. The molecule has 3 rings (SSSR count). The molecule has 10 nitrogen and oxygen atoms in total. The summed E-state index contributed by atoms with van der Waals surface area (Å²) in [6, 6.07) is 20.9. The maximum Gasteiger partial charge on any atom is 0.336 e. The number of carboxylic acid groups (broad SMARTS) is 3. The molecular weight excluding hydrogens is 504 g/mol. The second kappa shape index (κ2) is 16.2. The fourth-order valence-electron chi connectivity index (χ4n) is 4.61. The van der Waals surface area contributed by atoms with Crippen molar-refractivity contribution in [3.05, 3.63) is 89.0 Å². The van der Waals surface area contributed by atoms with Gasteiger partial charge in [-0.05, 0) is 54.6 Å². The summed E-state index contributed by atoms with van der Waals surface area (Å²) in [6.07, 6.45) is 0.977. The number of hydrogen-bond donors (Lipinski definition) is 4. The minimum absolute atomic E-state index is 0. The molecule has 0 amide bonds. The van der Waals surface area contributed by atoms with Gasteiger partial charge in [-0.3, -0.25) is 9.59 Å². The number of aliphatic carboxylic acids is 3. The first kappa shape index (κ1) is 33.1. The minimum Gasteiger partial charge on any atom is -0.481 e. The highest BCUT2D eigenvalue weighted by atomic mass is 16.4. The van der Waals surface area contributed by atoms with Gasteiger partial charge < -0.3 is 25.3 Å². The Bertz CT molecular complexity index is 1070. The van der Waals surface area contributed by atoms with Gasteiger partial charge in [0.2, 0.25) is 0 Å². The molecule has 1 saturated heterocycles. The SMILES string of the molecule is C.C=C(N=O)C(c1ccccc1)C1CCN(CCc2ccccc2)CC1.O=C(O)CC(O)(CC(=O)O)C(=O)O. The van der Waals surface area contributed by atoms with Gasteiger partial charge in [-0.2, -0.15) is 0 Å². The van der Waals surface area contributed by atoms with E-state index in [9.17, 15) is 19.3 Å². The third-order valence-corrected chi connectivity index (χ3v) is 6.58. The molecule has 0 saturated carbocycles. The Morgan fingerprint density at radius 3 is 1.85 bits per heavy atom. The maximum absolute atomic E-state index is 11.1. The van der Waals surface area contributed by atoms with Crippen LogP contribution in [0.4, 0.5) is 0 Å². The van der Waals surface area contributed by atoms with E-state index in [1.165, 1.54) is 5.56 Å². The smallest absolute Gasteiger partial charge is 0.336 e. The molecule has 1 aliphatic heterocycles. The molecule has 1 atom stereocenters. The highest BCUT2D eigenvalue weighted by Crippen LogP contribution is 2.37. The van der Waals surface area contributed by atoms with Crippen LogP contribution in [0.1, 0.15) is 50.2 Å². The fraction of sp³-hybridized carbons (Fsp3) is 0.414. The van der Waals surface area contributed by atoms with E-state index in [0.717, 1.165) is 44.5 Å². The third kappa shape index (κ3) is 10.8. The first-order valence-electron chi connectivity index (χ1n) is 12.3. The zero-order valence-electron chi connectivity index (χ0n) is 21.1. The minimum atomic E-state index is -2.74. The lowest BCUT2D eigenvalue weighted by molar-refractivity contribution is -0.170. The van der Waals surface area contributed by atoms with Gasteiger partial charge in [-0.15, -0.1) is 4.91 Å². The largest absolute Gasteiger partial charge is 0.481 e. The number of nitrogens with zero attached hydrogens (tertiary/aromatic N) is 2. The Hall–Kier alpha value is -3.89. The van der Waals surface area contributed by atoms with Crippen molar-refractivity contribution in [1.29, 1.82) is 0 Å². The standard InChI is InChI=1S/C22H26N2O.C6H8O7.CH4/c1-18(23-25)22(20-10-6-3-7-11-20)21-13-16-24(17-14-21)15-12-19-8-4-2-5-9-19;7-3(8)1-6(13,5(11)12)2-4(9)10;/h2-11,21-22H,1,12-17H2;13H,1-2H2,(H,7,8)(H,9,10)(H,11,12);1H4. The van der Waals surface area contributed by atoms with E-state index in [2.05, 4.69) is 59.1 Å². The van der Waals surface area contributed by atoms with Crippen LogP contribution in [0.5, 0.6) is 0 Å². The van der Waals surface area contributed by atoms with Crippen LogP contribution < -0.4 is 0 Å². The number of allylic oxidation sites excluding steroid dienone is 1. The van der Waals surface area contributed by atoms with Gasteiger partial charge in [0.1, 0.15) is 0 Å². The average molecular weight is 543 g/mol. The van der Waals surface area contributed by atoms with Crippen LogP contribution >= 0.6 is 0 Å². The zero-order valence-corrected chi connectivity index (χ0v) is 21.1. The normalized spacial score (nSPS) is 14.6. The van der Waals surface area contributed by atoms with Crippen molar-refractivity contribution in [2.75, 3.05) is 19.6 Å². The van der Waals surface area contributed by atoms with E-state index in [4.69, 9.17) is 20.4 Å². The Labute approximate surface area is 228 Å². The van der Waals surface area contributed by atoms with Gasteiger partial charge in [0.05, 0.1) is 18.5 Å². The van der Waals surface area contributed by atoms with Crippen molar-refractivity contribution in [2.24, 2.45) is 11.1 Å². The molecule has 39 heavy (non-hydrogen) atoms. The lowest BCUT2D eigenvalue weighted by atomic mass is 9.78. The Balaban J connectivity index is 0.000000466. The molecule has 1 aliphatic rings. The van der Waals surface area contributed by atoms with Crippen LogP contribution in [0, 0.1) is 10.8 Å². The second-order valence-electron chi connectivity index (χ2n) is 9.36. The first-order chi connectivity index (χ1) is 18.1. The van der Waals surface area contributed by atoms with Crippen molar-refractivity contribution < 1.29 is 34.8 Å². The Morgan fingerprint density at radius 1 is 0.923 bits per heavy atom. The van der Waals surface area contributed by atoms with E-state index in [1.54, 1.807) is 0 Å². The van der Waals surface area contributed by atoms with E-state index < -0.39 is 36.4 Å². The van der Waals surface area contributed by atoms with E-state index in [-0.39, 0.29) is 13.3 Å². The van der Waals surface area contributed by atoms with Gasteiger partial charge in [0, 0.05) is 12.5 Å². The molecule has 2 aromatic rings. The quantitative estimate of drug-likeness (QED) is 0.285. The summed E-state index contributed by atoms with van der Waals surface area (Å²) in [6.45, 7) is 7.18. The molecule has 0 spiro atoms.